The number of carbonyl (C=O) groups is 1. The normalized spacial score (nSPS) is 16.7. The third-order valence-corrected chi connectivity index (χ3v) is 5.48. The number of nitrogens with one attached hydrogen (secondary N) is 2. The molecule has 0 saturated heterocycles. The van der Waals surface area contributed by atoms with Crippen LogP contribution >= 0.6 is 0 Å². The summed E-state index contributed by atoms with van der Waals surface area (Å²) in [5.41, 5.74) is 2.49. The molecule has 3 rings (SSSR count). The number of aromatic amines is 1. The second-order valence-corrected chi connectivity index (χ2v) is 7.48. The lowest BCUT2D eigenvalue weighted by atomic mass is 9.77. The first-order chi connectivity index (χ1) is 13.0. The molecule has 0 radical (unpaired) electrons. The van der Waals surface area contributed by atoms with Crippen molar-refractivity contribution in [2.24, 2.45) is 0 Å². The van der Waals surface area contributed by atoms with Crippen molar-refractivity contribution >= 4 is 5.91 Å². The number of aryl methyl sites for hydroxylation is 1. The molecule has 1 heterocycles. The van der Waals surface area contributed by atoms with Gasteiger partial charge in [-0.05, 0) is 50.5 Å². The van der Waals surface area contributed by atoms with Crippen molar-refractivity contribution in [1.29, 1.82) is 0 Å². The van der Waals surface area contributed by atoms with Crippen LogP contribution in [0.2, 0.25) is 0 Å². The summed E-state index contributed by atoms with van der Waals surface area (Å²) < 4.78 is 10.8. The van der Waals surface area contributed by atoms with Crippen molar-refractivity contribution in [3.63, 3.8) is 0 Å². The predicted octanol–water partition coefficient (Wildman–Crippen LogP) is 3.29. The highest BCUT2D eigenvalue weighted by Gasteiger charge is 2.43. The Balaban J connectivity index is 1.80. The van der Waals surface area contributed by atoms with Gasteiger partial charge >= 0.3 is 0 Å². The Bertz CT molecular complexity index is 794. The third-order valence-electron chi connectivity index (χ3n) is 5.48. The first kappa shape index (κ1) is 19.3. The SMILES string of the molecule is COc1ccc(C2(C(=O)NC(C)Cc3cc(C)[nH]n3)CCCC2)cc1OC. The van der Waals surface area contributed by atoms with E-state index in [2.05, 4.69) is 15.5 Å². The zero-order valence-corrected chi connectivity index (χ0v) is 16.6. The van der Waals surface area contributed by atoms with E-state index in [4.69, 9.17) is 9.47 Å². The quantitative estimate of drug-likeness (QED) is 0.783. The zero-order valence-electron chi connectivity index (χ0n) is 16.6. The number of H-pyrrole nitrogens is 1. The smallest absolute Gasteiger partial charge is 0.230 e. The molecule has 0 aliphatic heterocycles. The van der Waals surface area contributed by atoms with Crippen molar-refractivity contribution in [1.82, 2.24) is 15.5 Å². The van der Waals surface area contributed by atoms with Crippen LogP contribution < -0.4 is 14.8 Å². The molecule has 0 spiro atoms. The molecule has 1 aliphatic carbocycles. The molecule has 146 valence electrons. The monoisotopic (exact) mass is 371 g/mol. The van der Waals surface area contributed by atoms with Crippen LogP contribution in [0.1, 0.15) is 49.6 Å². The average Bonchev–Trinajstić information content (AvgIpc) is 3.31. The molecular formula is C21H29N3O3. The van der Waals surface area contributed by atoms with Gasteiger partial charge in [0.1, 0.15) is 0 Å². The van der Waals surface area contributed by atoms with Crippen molar-refractivity contribution in [3.05, 3.63) is 41.2 Å². The molecule has 1 amide bonds. The van der Waals surface area contributed by atoms with E-state index in [1.54, 1.807) is 14.2 Å². The fourth-order valence-corrected chi connectivity index (χ4v) is 4.06. The summed E-state index contributed by atoms with van der Waals surface area (Å²) in [6.45, 7) is 4.00. The summed E-state index contributed by atoms with van der Waals surface area (Å²) in [5, 5.41) is 10.4. The first-order valence-electron chi connectivity index (χ1n) is 9.53. The number of amides is 1. The van der Waals surface area contributed by atoms with Gasteiger partial charge < -0.3 is 14.8 Å². The van der Waals surface area contributed by atoms with E-state index in [1.165, 1.54) is 0 Å². The molecule has 1 aromatic carbocycles. The maximum absolute atomic E-state index is 13.3. The number of carbonyl (C=O) groups excluding carboxylic acids is 1. The molecule has 2 aromatic rings. The first-order valence-corrected chi connectivity index (χ1v) is 9.53. The minimum atomic E-state index is -0.505. The van der Waals surface area contributed by atoms with Crippen LogP contribution in [0.15, 0.2) is 24.3 Å². The van der Waals surface area contributed by atoms with Crippen molar-refractivity contribution in [2.45, 2.75) is 57.4 Å². The van der Waals surface area contributed by atoms with Crippen LogP contribution in [-0.2, 0) is 16.6 Å². The number of rotatable bonds is 7. The molecule has 1 aromatic heterocycles. The van der Waals surface area contributed by atoms with E-state index in [-0.39, 0.29) is 11.9 Å². The molecule has 27 heavy (non-hydrogen) atoms. The van der Waals surface area contributed by atoms with Crippen molar-refractivity contribution < 1.29 is 14.3 Å². The second-order valence-electron chi connectivity index (χ2n) is 7.48. The highest BCUT2D eigenvalue weighted by atomic mass is 16.5. The largest absolute Gasteiger partial charge is 0.493 e. The standard InChI is InChI=1S/C21H29N3O3/c1-14(11-17-12-15(2)23-24-17)22-20(25)21(9-5-6-10-21)16-7-8-18(26-3)19(13-16)27-4/h7-8,12-14H,5-6,9-11H2,1-4H3,(H,22,25)(H,23,24). The number of hydrogen-bond acceptors (Lipinski definition) is 4. The van der Waals surface area contributed by atoms with E-state index in [1.807, 2.05) is 38.1 Å². The summed E-state index contributed by atoms with van der Waals surface area (Å²) in [7, 11) is 3.24. The Labute approximate surface area is 160 Å². The van der Waals surface area contributed by atoms with E-state index >= 15 is 0 Å². The Kier molecular flexibility index (Phi) is 5.73. The molecule has 0 bridgehead atoms. The van der Waals surface area contributed by atoms with E-state index in [0.29, 0.717) is 17.9 Å². The summed E-state index contributed by atoms with van der Waals surface area (Å²) in [6, 6.07) is 7.86. The van der Waals surface area contributed by atoms with Crippen LogP contribution in [0.3, 0.4) is 0 Å². The lowest BCUT2D eigenvalue weighted by Gasteiger charge is -2.30. The van der Waals surface area contributed by atoms with Crippen LogP contribution in [0.4, 0.5) is 0 Å². The number of ether oxygens (including phenoxy) is 2. The van der Waals surface area contributed by atoms with Gasteiger partial charge in [-0.3, -0.25) is 9.89 Å². The van der Waals surface area contributed by atoms with Gasteiger partial charge in [0, 0.05) is 18.2 Å². The molecule has 1 saturated carbocycles. The fraction of sp³-hybridized carbons (Fsp3) is 0.524. The maximum Gasteiger partial charge on any atom is 0.230 e. The zero-order chi connectivity index (χ0) is 19.4. The number of benzene rings is 1. The molecule has 1 atom stereocenters. The van der Waals surface area contributed by atoms with Gasteiger partial charge in [-0.15, -0.1) is 0 Å². The van der Waals surface area contributed by atoms with Gasteiger partial charge in [0.25, 0.3) is 0 Å². The van der Waals surface area contributed by atoms with Gasteiger partial charge in [0.2, 0.25) is 5.91 Å². The van der Waals surface area contributed by atoms with Gasteiger partial charge in [-0.1, -0.05) is 18.9 Å². The molecule has 6 nitrogen and oxygen atoms in total. The lowest BCUT2D eigenvalue weighted by molar-refractivity contribution is -0.127. The fourth-order valence-electron chi connectivity index (χ4n) is 4.06. The number of hydrogen-bond donors (Lipinski definition) is 2. The van der Waals surface area contributed by atoms with Crippen molar-refractivity contribution in [2.75, 3.05) is 14.2 Å². The highest BCUT2D eigenvalue weighted by Crippen LogP contribution is 2.44. The predicted molar refractivity (Wildman–Crippen MR) is 104 cm³/mol. The van der Waals surface area contributed by atoms with Gasteiger partial charge in [0.15, 0.2) is 11.5 Å². The number of aromatic nitrogens is 2. The summed E-state index contributed by atoms with van der Waals surface area (Å²) in [5.74, 6) is 1.43. The summed E-state index contributed by atoms with van der Waals surface area (Å²) in [6.07, 6.45) is 4.51. The molecule has 6 heteroatoms. The van der Waals surface area contributed by atoms with Gasteiger partial charge in [0.05, 0.1) is 25.3 Å². The minimum Gasteiger partial charge on any atom is -0.493 e. The summed E-state index contributed by atoms with van der Waals surface area (Å²) >= 11 is 0. The molecule has 2 N–H and O–H groups in total. The third kappa shape index (κ3) is 3.94. The highest BCUT2D eigenvalue weighted by molar-refractivity contribution is 5.89. The van der Waals surface area contributed by atoms with E-state index < -0.39 is 5.41 Å². The van der Waals surface area contributed by atoms with Crippen LogP contribution in [0, 0.1) is 6.92 Å². The second kappa shape index (κ2) is 8.03. The number of nitrogens with zero attached hydrogens (tertiary/aromatic N) is 1. The van der Waals surface area contributed by atoms with Crippen LogP contribution in [-0.4, -0.2) is 36.4 Å². The van der Waals surface area contributed by atoms with E-state index in [9.17, 15) is 4.79 Å². The minimum absolute atomic E-state index is 0.0119. The van der Waals surface area contributed by atoms with Gasteiger partial charge in [-0.2, -0.15) is 5.10 Å². The number of methoxy groups -OCH3 is 2. The molecule has 1 unspecified atom stereocenters. The van der Waals surface area contributed by atoms with Crippen LogP contribution in [0.5, 0.6) is 11.5 Å². The maximum atomic E-state index is 13.3. The van der Waals surface area contributed by atoms with E-state index in [0.717, 1.165) is 42.6 Å². The van der Waals surface area contributed by atoms with Crippen molar-refractivity contribution in [3.8, 4) is 11.5 Å². The average molecular weight is 371 g/mol. The Morgan fingerprint density at radius 1 is 1.22 bits per heavy atom. The lowest BCUT2D eigenvalue weighted by Crippen LogP contribution is -2.46. The molecule has 1 aliphatic rings. The Morgan fingerprint density at radius 2 is 1.93 bits per heavy atom. The topological polar surface area (TPSA) is 76.2 Å². The Hall–Kier alpha value is -2.50. The molecule has 1 fully saturated rings. The summed E-state index contributed by atoms with van der Waals surface area (Å²) in [4.78, 5) is 13.3. The Morgan fingerprint density at radius 3 is 2.52 bits per heavy atom. The van der Waals surface area contributed by atoms with Crippen LogP contribution in [0.25, 0.3) is 0 Å². The molecular weight excluding hydrogens is 342 g/mol. The van der Waals surface area contributed by atoms with Gasteiger partial charge in [-0.25, -0.2) is 0 Å².